The van der Waals surface area contributed by atoms with E-state index in [9.17, 15) is 13.8 Å². The smallest absolute Gasteiger partial charge is 0.304 e. The molecule has 4 nitrogen and oxygen atoms in total. The normalized spacial score (nSPS) is 12.7. The molecular formula is C18H19ClFO4P. The summed E-state index contributed by atoms with van der Waals surface area (Å²) in [5, 5.41) is -1.11. The molecule has 0 fully saturated rings. The minimum atomic E-state index is -3.59. The van der Waals surface area contributed by atoms with Crippen LogP contribution in [0, 0.1) is 0 Å². The lowest BCUT2D eigenvalue weighted by atomic mass is 10.2. The Kier molecular flexibility index (Phi) is 7.79. The van der Waals surface area contributed by atoms with E-state index in [1.165, 1.54) is 0 Å². The van der Waals surface area contributed by atoms with Gasteiger partial charge in [-0.05, 0) is 29.1 Å². The highest BCUT2D eigenvalue weighted by molar-refractivity contribution is 7.53. The van der Waals surface area contributed by atoms with E-state index in [0.29, 0.717) is 0 Å². The molecule has 0 bridgehead atoms. The van der Waals surface area contributed by atoms with Gasteiger partial charge >= 0.3 is 7.60 Å². The monoisotopic (exact) mass is 384 g/mol. The molecule has 134 valence electrons. The number of carbonyl (C=O) groups excluding carboxylic acids is 1. The number of benzene rings is 2. The summed E-state index contributed by atoms with van der Waals surface area (Å²) >= 11 is 5.12. The summed E-state index contributed by atoms with van der Waals surface area (Å²) in [4.78, 5) is 10.8. The van der Waals surface area contributed by atoms with Gasteiger partial charge in [0.05, 0.1) is 19.4 Å². The van der Waals surface area contributed by atoms with Gasteiger partial charge in [-0.2, -0.15) is 0 Å². The molecule has 7 heteroatoms. The standard InChI is InChI=1S/C18H19ClFO4P/c19-18(21)17(20)11-12-25(22,23-13-15-7-3-1-4-8-15)24-14-16-9-5-2-6-10-16/h1-10,17H,11-14H2/t17-/m1/s1. The zero-order valence-electron chi connectivity index (χ0n) is 13.5. The molecule has 2 rings (SSSR count). The van der Waals surface area contributed by atoms with Crippen molar-refractivity contribution in [2.75, 3.05) is 6.16 Å². The van der Waals surface area contributed by atoms with E-state index in [-0.39, 0.29) is 25.8 Å². The Labute approximate surface area is 151 Å². The summed E-state index contributed by atoms with van der Waals surface area (Å²) in [6.07, 6.45) is -2.44. The topological polar surface area (TPSA) is 52.6 Å². The van der Waals surface area contributed by atoms with Gasteiger partial charge in [0, 0.05) is 0 Å². The quantitative estimate of drug-likeness (QED) is 0.422. The van der Waals surface area contributed by atoms with Crippen molar-refractivity contribution in [2.45, 2.75) is 25.8 Å². The molecule has 0 heterocycles. The lowest BCUT2D eigenvalue weighted by molar-refractivity contribution is -0.116. The third-order valence-electron chi connectivity index (χ3n) is 3.44. The maximum atomic E-state index is 13.5. The average molecular weight is 385 g/mol. The molecule has 0 aliphatic heterocycles. The third kappa shape index (κ3) is 7.09. The molecule has 0 amide bonds. The van der Waals surface area contributed by atoms with Crippen molar-refractivity contribution >= 4 is 24.4 Å². The molecule has 0 aliphatic rings. The molecule has 2 aromatic carbocycles. The van der Waals surface area contributed by atoms with Crippen molar-refractivity contribution in [3.63, 3.8) is 0 Å². The van der Waals surface area contributed by atoms with Gasteiger partial charge in [0.15, 0.2) is 6.17 Å². The molecular weight excluding hydrogens is 366 g/mol. The van der Waals surface area contributed by atoms with Gasteiger partial charge in [-0.3, -0.25) is 9.36 Å². The summed E-state index contributed by atoms with van der Waals surface area (Å²) in [6, 6.07) is 18.3. The number of rotatable bonds is 10. The minimum absolute atomic E-state index is 0.0681. The van der Waals surface area contributed by atoms with Crippen LogP contribution < -0.4 is 0 Å². The van der Waals surface area contributed by atoms with Gasteiger partial charge in [-0.15, -0.1) is 0 Å². The molecule has 0 saturated heterocycles. The fraction of sp³-hybridized carbons (Fsp3) is 0.278. The summed E-state index contributed by atoms with van der Waals surface area (Å²) in [5.41, 5.74) is 1.63. The van der Waals surface area contributed by atoms with Crippen molar-refractivity contribution in [1.29, 1.82) is 0 Å². The molecule has 0 unspecified atom stereocenters. The van der Waals surface area contributed by atoms with Crippen LogP contribution in [-0.2, 0) is 31.6 Å². The fourth-order valence-corrected chi connectivity index (χ4v) is 3.72. The van der Waals surface area contributed by atoms with E-state index < -0.39 is 19.0 Å². The summed E-state index contributed by atoms with van der Waals surface area (Å²) in [7, 11) is -3.59. The highest BCUT2D eigenvalue weighted by Gasteiger charge is 2.28. The Hall–Kier alpha value is -1.52. The Morgan fingerprint density at radius 3 is 1.80 bits per heavy atom. The molecule has 25 heavy (non-hydrogen) atoms. The van der Waals surface area contributed by atoms with Crippen molar-refractivity contribution in [1.82, 2.24) is 0 Å². The van der Waals surface area contributed by atoms with Gasteiger partial charge in [-0.1, -0.05) is 60.7 Å². The Morgan fingerprint density at radius 2 is 1.40 bits per heavy atom. The lowest BCUT2D eigenvalue weighted by Crippen LogP contribution is -2.12. The molecule has 0 N–H and O–H groups in total. The number of hydrogen-bond acceptors (Lipinski definition) is 4. The van der Waals surface area contributed by atoms with Crippen molar-refractivity contribution in [2.24, 2.45) is 0 Å². The second kappa shape index (κ2) is 9.83. The number of alkyl halides is 1. The first-order valence-electron chi connectivity index (χ1n) is 7.78. The van der Waals surface area contributed by atoms with Gasteiger partial charge in [0.2, 0.25) is 0 Å². The molecule has 0 spiro atoms. The fourth-order valence-electron chi connectivity index (χ4n) is 2.05. The highest BCUT2D eigenvalue weighted by atomic mass is 35.5. The van der Waals surface area contributed by atoms with Gasteiger partial charge in [0.1, 0.15) is 0 Å². The van der Waals surface area contributed by atoms with Crippen LogP contribution in [0.4, 0.5) is 4.39 Å². The molecule has 0 aromatic heterocycles. The van der Waals surface area contributed by atoms with Crippen molar-refractivity contribution < 1.29 is 22.8 Å². The third-order valence-corrected chi connectivity index (χ3v) is 5.53. The van der Waals surface area contributed by atoms with Gasteiger partial charge < -0.3 is 9.05 Å². The zero-order valence-corrected chi connectivity index (χ0v) is 15.2. The van der Waals surface area contributed by atoms with Crippen LogP contribution in [0.15, 0.2) is 60.7 Å². The summed E-state index contributed by atoms with van der Waals surface area (Å²) in [5.74, 6) is 0. The zero-order chi connectivity index (χ0) is 18.1. The maximum Gasteiger partial charge on any atom is 0.331 e. The summed E-state index contributed by atoms with van der Waals surface area (Å²) in [6.45, 7) is 0.136. The van der Waals surface area contributed by atoms with E-state index in [1.54, 1.807) is 0 Å². The Balaban J connectivity index is 2.01. The first kappa shape index (κ1) is 19.8. The van der Waals surface area contributed by atoms with Crippen LogP contribution in [0.5, 0.6) is 0 Å². The van der Waals surface area contributed by atoms with Crippen LogP contribution in [0.25, 0.3) is 0 Å². The van der Waals surface area contributed by atoms with Crippen molar-refractivity contribution in [3.05, 3.63) is 71.8 Å². The SMILES string of the molecule is O=C(Cl)[C@H](F)CCP(=O)(OCc1ccccc1)OCc1ccccc1. The van der Waals surface area contributed by atoms with Crippen molar-refractivity contribution in [3.8, 4) is 0 Å². The molecule has 0 radical (unpaired) electrons. The Morgan fingerprint density at radius 1 is 0.960 bits per heavy atom. The Bertz CT molecular complexity index is 664. The molecule has 1 atom stereocenters. The predicted octanol–water partition coefficient (Wildman–Crippen LogP) is 5.11. The van der Waals surface area contributed by atoms with E-state index in [1.807, 2.05) is 60.7 Å². The van der Waals surface area contributed by atoms with E-state index >= 15 is 0 Å². The van der Waals surface area contributed by atoms with Crippen LogP contribution in [-0.4, -0.2) is 17.6 Å². The molecule has 0 saturated carbocycles. The first-order valence-corrected chi connectivity index (χ1v) is 9.88. The van der Waals surface area contributed by atoms with E-state index in [0.717, 1.165) is 11.1 Å². The van der Waals surface area contributed by atoms with Crippen LogP contribution in [0.1, 0.15) is 17.5 Å². The minimum Gasteiger partial charge on any atom is -0.304 e. The van der Waals surface area contributed by atoms with E-state index in [4.69, 9.17) is 20.6 Å². The highest BCUT2D eigenvalue weighted by Crippen LogP contribution is 2.50. The number of carbonyl (C=O) groups is 1. The van der Waals surface area contributed by atoms with Crippen LogP contribution >= 0.6 is 19.2 Å². The number of hydrogen-bond donors (Lipinski definition) is 0. The largest absolute Gasteiger partial charge is 0.331 e. The average Bonchev–Trinajstić information content (AvgIpc) is 2.65. The van der Waals surface area contributed by atoms with Crippen LogP contribution in [0.3, 0.4) is 0 Å². The van der Waals surface area contributed by atoms with Gasteiger partial charge in [0.25, 0.3) is 5.24 Å². The van der Waals surface area contributed by atoms with Gasteiger partial charge in [-0.25, -0.2) is 4.39 Å². The first-order chi connectivity index (χ1) is 12.0. The van der Waals surface area contributed by atoms with Crippen LogP contribution in [0.2, 0.25) is 0 Å². The maximum absolute atomic E-state index is 13.5. The second-order valence-corrected chi connectivity index (χ2v) is 7.97. The summed E-state index contributed by atoms with van der Waals surface area (Å²) < 4.78 is 37.3. The second-order valence-electron chi connectivity index (χ2n) is 5.41. The predicted molar refractivity (Wildman–Crippen MR) is 95.3 cm³/mol. The molecule has 0 aliphatic carbocycles. The lowest BCUT2D eigenvalue weighted by Gasteiger charge is -2.19. The van der Waals surface area contributed by atoms with E-state index in [2.05, 4.69) is 0 Å². The molecule has 2 aromatic rings. The number of halogens is 2.